The quantitative estimate of drug-likeness (QED) is 0.777. The van der Waals surface area contributed by atoms with Crippen LogP contribution in [0.15, 0.2) is 0 Å². The van der Waals surface area contributed by atoms with Crippen molar-refractivity contribution in [1.29, 1.82) is 0 Å². The standard InChI is InChI=1S/C15H30N2O2S/c1-15(2,3)20(18,19)10-9-17(11-13-6-7-13)12-14-5-4-8-16-14/h13-14,16H,4-12H2,1-3H3. The average Bonchev–Trinajstić information content (AvgIpc) is 2.99. The third-order valence-corrected chi connectivity index (χ3v) is 7.05. The van der Waals surface area contributed by atoms with E-state index in [0.29, 0.717) is 12.6 Å². The number of nitrogens with zero attached hydrogens (tertiary/aromatic N) is 1. The third kappa shape index (κ3) is 4.71. The number of hydrogen-bond acceptors (Lipinski definition) is 4. The minimum Gasteiger partial charge on any atom is -0.313 e. The highest BCUT2D eigenvalue weighted by atomic mass is 32.2. The smallest absolute Gasteiger partial charge is 0.156 e. The van der Waals surface area contributed by atoms with Gasteiger partial charge in [-0.05, 0) is 58.9 Å². The first kappa shape index (κ1) is 16.2. The van der Waals surface area contributed by atoms with E-state index >= 15 is 0 Å². The predicted octanol–water partition coefficient (Wildman–Crippen LogP) is 1.66. The molecule has 1 N–H and O–H groups in total. The summed E-state index contributed by atoms with van der Waals surface area (Å²) in [4.78, 5) is 2.38. The van der Waals surface area contributed by atoms with E-state index < -0.39 is 14.6 Å². The molecule has 2 aliphatic rings. The van der Waals surface area contributed by atoms with Crippen LogP contribution >= 0.6 is 0 Å². The SMILES string of the molecule is CC(C)(C)S(=O)(=O)CCN(CC1CC1)CC1CCCN1. The number of rotatable bonds is 7. The zero-order valence-corrected chi connectivity index (χ0v) is 14.0. The zero-order valence-electron chi connectivity index (χ0n) is 13.2. The maximum Gasteiger partial charge on any atom is 0.156 e. The first-order valence-corrected chi connectivity index (χ1v) is 9.61. The van der Waals surface area contributed by atoms with E-state index in [1.54, 1.807) is 20.8 Å². The normalized spacial score (nSPS) is 24.5. The minimum absolute atomic E-state index is 0.288. The molecule has 2 fully saturated rings. The maximum absolute atomic E-state index is 12.3. The Morgan fingerprint density at radius 2 is 1.85 bits per heavy atom. The number of nitrogens with one attached hydrogen (secondary N) is 1. The van der Waals surface area contributed by atoms with Crippen LogP contribution in [0.2, 0.25) is 0 Å². The van der Waals surface area contributed by atoms with Gasteiger partial charge in [-0.25, -0.2) is 8.42 Å². The summed E-state index contributed by atoms with van der Waals surface area (Å²) in [6.45, 7) is 9.29. The van der Waals surface area contributed by atoms with Gasteiger partial charge in [0.15, 0.2) is 9.84 Å². The monoisotopic (exact) mass is 302 g/mol. The summed E-state index contributed by atoms with van der Waals surface area (Å²) in [6, 6.07) is 0.561. The molecule has 0 radical (unpaired) electrons. The van der Waals surface area contributed by atoms with Gasteiger partial charge in [-0.15, -0.1) is 0 Å². The Morgan fingerprint density at radius 3 is 2.35 bits per heavy atom. The summed E-state index contributed by atoms with van der Waals surface area (Å²) in [7, 11) is -3.00. The third-order valence-electron chi connectivity index (χ3n) is 4.46. The van der Waals surface area contributed by atoms with Gasteiger partial charge in [-0.1, -0.05) is 0 Å². The molecule has 0 aromatic carbocycles. The second-order valence-electron chi connectivity index (χ2n) is 7.43. The van der Waals surface area contributed by atoms with Gasteiger partial charge in [-0.2, -0.15) is 0 Å². The van der Waals surface area contributed by atoms with Crippen LogP contribution in [0.5, 0.6) is 0 Å². The lowest BCUT2D eigenvalue weighted by Crippen LogP contribution is -2.42. The van der Waals surface area contributed by atoms with Crippen LogP contribution < -0.4 is 5.32 Å². The Labute approximate surface area is 124 Å². The fourth-order valence-electron chi connectivity index (χ4n) is 2.70. The van der Waals surface area contributed by atoms with E-state index in [-0.39, 0.29) is 5.75 Å². The van der Waals surface area contributed by atoms with E-state index in [2.05, 4.69) is 10.2 Å². The van der Waals surface area contributed by atoms with Crippen LogP contribution in [0, 0.1) is 5.92 Å². The number of sulfone groups is 1. The summed E-state index contributed by atoms with van der Waals surface area (Å²) >= 11 is 0. The maximum atomic E-state index is 12.3. The van der Waals surface area contributed by atoms with Crippen molar-refractivity contribution in [3.63, 3.8) is 0 Å². The van der Waals surface area contributed by atoms with E-state index in [9.17, 15) is 8.42 Å². The molecule has 1 aliphatic heterocycles. The second-order valence-corrected chi connectivity index (χ2v) is 10.3. The second kappa shape index (κ2) is 6.32. The highest BCUT2D eigenvalue weighted by Crippen LogP contribution is 2.30. The molecule has 0 spiro atoms. The van der Waals surface area contributed by atoms with Crippen LogP contribution in [-0.4, -0.2) is 56.0 Å². The van der Waals surface area contributed by atoms with Crippen LogP contribution in [0.4, 0.5) is 0 Å². The van der Waals surface area contributed by atoms with Gasteiger partial charge < -0.3 is 10.2 Å². The Morgan fingerprint density at radius 1 is 1.15 bits per heavy atom. The summed E-state index contributed by atoms with van der Waals surface area (Å²) in [5.41, 5.74) is 0. The molecule has 1 saturated carbocycles. The van der Waals surface area contributed by atoms with Gasteiger partial charge in [0.1, 0.15) is 0 Å². The van der Waals surface area contributed by atoms with Gasteiger partial charge in [0, 0.05) is 25.7 Å². The molecule has 0 bridgehead atoms. The average molecular weight is 302 g/mol. The molecule has 5 heteroatoms. The van der Waals surface area contributed by atoms with Crippen molar-refractivity contribution < 1.29 is 8.42 Å². The lowest BCUT2D eigenvalue weighted by molar-refractivity contribution is 0.252. The topological polar surface area (TPSA) is 49.4 Å². The molecule has 0 aromatic rings. The zero-order chi connectivity index (χ0) is 14.8. The van der Waals surface area contributed by atoms with Crippen molar-refractivity contribution in [2.45, 2.75) is 57.2 Å². The van der Waals surface area contributed by atoms with Crippen LogP contribution in [0.25, 0.3) is 0 Å². The van der Waals surface area contributed by atoms with Gasteiger partial charge in [-0.3, -0.25) is 0 Å². The summed E-state index contributed by atoms with van der Waals surface area (Å²) in [6.07, 6.45) is 5.12. The molecular formula is C15H30N2O2S. The highest BCUT2D eigenvalue weighted by molar-refractivity contribution is 7.92. The predicted molar refractivity (Wildman–Crippen MR) is 83.7 cm³/mol. The number of hydrogen-bond donors (Lipinski definition) is 1. The summed E-state index contributed by atoms with van der Waals surface area (Å²) in [5.74, 6) is 1.10. The van der Waals surface area contributed by atoms with Crippen LogP contribution in [-0.2, 0) is 9.84 Å². The van der Waals surface area contributed by atoms with Gasteiger partial charge >= 0.3 is 0 Å². The van der Waals surface area contributed by atoms with Crippen molar-refractivity contribution >= 4 is 9.84 Å². The lowest BCUT2D eigenvalue weighted by atomic mass is 10.2. The molecule has 1 aliphatic carbocycles. The molecule has 0 amide bonds. The van der Waals surface area contributed by atoms with Crippen molar-refractivity contribution in [1.82, 2.24) is 10.2 Å². The largest absolute Gasteiger partial charge is 0.313 e. The van der Waals surface area contributed by atoms with Crippen molar-refractivity contribution in [3.8, 4) is 0 Å². The molecule has 118 valence electrons. The van der Waals surface area contributed by atoms with Gasteiger partial charge in [0.05, 0.1) is 10.5 Å². The van der Waals surface area contributed by atoms with Gasteiger partial charge in [0.25, 0.3) is 0 Å². The Hall–Kier alpha value is -0.130. The summed E-state index contributed by atoms with van der Waals surface area (Å²) in [5, 5.41) is 3.52. The molecule has 0 aromatic heterocycles. The van der Waals surface area contributed by atoms with Crippen molar-refractivity contribution in [3.05, 3.63) is 0 Å². The van der Waals surface area contributed by atoms with E-state index in [1.165, 1.54) is 25.7 Å². The molecule has 1 heterocycles. The summed E-state index contributed by atoms with van der Waals surface area (Å²) < 4.78 is 23.9. The van der Waals surface area contributed by atoms with E-state index in [4.69, 9.17) is 0 Å². The lowest BCUT2D eigenvalue weighted by Gasteiger charge is -2.27. The van der Waals surface area contributed by atoms with E-state index in [0.717, 1.165) is 25.6 Å². The van der Waals surface area contributed by atoms with E-state index in [1.807, 2.05) is 0 Å². The first-order chi connectivity index (χ1) is 9.28. The molecule has 1 atom stereocenters. The molecule has 1 saturated heterocycles. The molecule has 1 unspecified atom stereocenters. The Balaban J connectivity index is 1.86. The Kier molecular flexibility index (Phi) is 5.14. The van der Waals surface area contributed by atoms with Crippen molar-refractivity contribution in [2.24, 2.45) is 5.92 Å². The molecule has 20 heavy (non-hydrogen) atoms. The fourth-order valence-corrected chi connectivity index (χ4v) is 3.81. The van der Waals surface area contributed by atoms with Crippen LogP contribution in [0.3, 0.4) is 0 Å². The highest BCUT2D eigenvalue weighted by Gasteiger charge is 2.31. The van der Waals surface area contributed by atoms with Crippen LogP contribution in [0.1, 0.15) is 46.5 Å². The fraction of sp³-hybridized carbons (Fsp3) is 1.00. The van der Waals surface area contributed by atoms with Gasteiger partial charge in [0.2, 0.25) is 0 Å². The Bertz CT molecular complexity index is 404. The molecule has 4 nitrogen and oxygen atoms in total. The first-order valence-electron chi connectivity index (χ1n) is 7.96. The minimum atomic E-state index is -3.00. The van der Waals surface area contributed by atoms with Crippen molar-refractivity contribution in [2.75, 3.05) is 31.9 Å². The molecule has 2 rings (SSSR count). The molecular weight excluding hydrogens is 272 g/mol.